The molecule has 0 spiro atoms. The Morgan fingerprint density at radius 3 is 2.90 bits per heavy atom. The highest BCUT2D eigenvalue weighted by molar-refractivity contribution is 7.89. The molecular weight excluding hydrogens is 288 g/mol. The first-order valence-corrected chi connectivity index (χ1v) is 8.49. The molecule has 3 rings (SSSR count). The van der Waals surface area contributed by atoms with Gasteiger partial charge in [0.1, 0.15) is 0 Å². The van der Waals surface area contributed by atoms with Gasteiger partial charge in [0, 0.05) is 31.5 Å². The highest BCUT2D eigenvalue weighted by atomic mass is 32.2. The minimum atomic E-state index is -3.56. The summed E-state index contributed by atoms with van der Waals surface area (Å²) < 4.78 is 29.3. The van der Waals surface area contributed by atoms with Gasteiger partial charge in [0.05, 0.1) is 5.69 Å². The van der Waals surface area contributed by atoms with Crippen LogP contribution in [0.1, 0.15) is 29.7 Å². The second kappa shape index (κ2) is 5.57. The summed E-state index contributed by atoms with van der Waals surface area (Å²) >= 11 is 0. The van der Waals surface area contributed by atoms with E-state index in [-0.39, 0.29) is 6.54 Å². The van der Waals surface area contributed by atoms with E-state index in [1.807, 2.05) is 6.07 Å². The Kier molecular flexibility index (Phi) is 3.77. The average Bonchev–Trinajstić information content (AvgIpc) is 2.83. The van der Waals surface area contributed by atoms with Crippen molar-refractivity contribution in [1.29, 1.82) is 0 Å². The van der Waals surface area contributed by atoms with Gasteiger partial charge in [-0.2, -0.15) is 5.10 Å². The van der Waals surface area contributed by atoms with Gasteiger partial charge < -0.3 is 0 Å². The molecule has 2 aromatic rings. The summed E-state index contributed by atoms with van der Waals surface area (Å²) in [6, 6.07) is 3.63. The van der Waals surface area contributed by atoms with E-state index in [2.05, 4.69) is 14.8 Å². The molecule has 21 heavy (non-hydrogen) atoms. The second-order valence-electron chi connectivity index (χ2n) is 5.25. The predicted molar refractivity (Wildman–Crippen MR) is 78.1 cm³/mol. The van der Waals surface area contributed by atoms with Crippen LogP contribution >= 0.6 is 0 Å². The van der Waals surface area contributed by atoms with Crippen molar-refractivity contribution >= 4 is 10.0 Å². The summed E-state index contributed by atoms with van der Waals surface area (Å²) in [6.07, 6.45) is 7.06. The monoisotopic (exact) mass is 306 g/mol. The number of sulfonamides is 1. The van der Waals surface area contributed by atoms with Crippen LogP contribution in [0.3, 0.4) is 0 Å². The molecule has 2 heterocycles. The highest BCUT2D eigenvalue weighted by Gasteiger charge is 2.28. The number of aromatic nitrogens is 3. The van der Waals surface area contributed by atoms with Crippen LogP contribution in [0.25, 0.3) is 0 Å². The molecule has 7 heteroatoms. The molecule has 1 aliphatic rings. The van der Waals surface area contributed by atoms with Crippen molar-refractivity contribution in [2.24, 2.45) is 7.05 Å². The molecule has 112 valence electrons. The third kappa shape index (κ3) is 2.84. The van der Waals surface area contributed by atoms with Crippen LogP contribution in [0.2, 0.25) is 0 Å². The van der Waals surface area contributed by atoms with Crippen molar-refractivity contribution in [1.82, 2.24) is 19.5 Å². The van der Waals surface area contributed by atoms with E-state index in [4.69, 9.17) is 0 Å². The maximum absolute atomic E-state index is 12.6. The normalized spacial score (nSPS) is 14.9. The number of nitrogens with zero attached hydrogens (tertiary/aromatic N) is 3. The summed E-state index contributed by atoms with van der Waals surface area (Å²) in [5.74, 6) is 0. The summed E-state index contributed by atoms with van der Waals surface area (Å²) in [6.45, 7) is 0.232. The number of fused-ring (bicyclic) bond motifs is 1. The highest BCUT2D eigenvalue weighted by Crippen LogP contribution is 2.26. The first-order chi connectivity index (χ1) is 10.1. The minimum Gasteiger partial charge on any atom is -0.264 e. The zero-order valence-electron chi connectivity index (χ0n) is 11.9. The van der Waals surface area contributed by atoms with Crippen LogP contribution in [-0.4, -0.2) is 23.2 Å². The Hall–Kier alpha value is -1.73. The quantitative estimate of drug-likeness (QED) is 0.920. The number of hydrogen-bond acceptors (Lipinski definition) is 4. The molecule has 1 N–H and O–H groups in total. The van der Waals surface area contributed by atoms with E-state index in [1.165, 1.54) is 4.68 Å². The SMILES string of the molecule is Cn1nc2c(c1S(=O)(=O)NCc1cccnc1)CCCC2. The van der Waals surface area contributed by atoms with Crippen LogP contribution in [-0.2, 0) is 36.5 Å². The first kappa shape index (κ1) is 14.2. The molecule has 2 aromatic heterocycles. The molecule has 6 nitrogen and oxygen atoms in total. The van der Waals surface area contributed by atoms with Crippen LogP contribution in [0.15, 0.2) is 29.6 Å². The van der Waals surface area contributed by atoms with Gasteiger partial charge >= 0.3 is 0 Å². The summed E-state index contributed by atoms with van der Waals surface area (Å²) in [7, 11) is -1.87. The van der Waals surface area contributed by atoms with Crippen molar-refractivity contribution in [2.45, 2.75) is 37.3 Å². The number of pyridine rings is 1. The zero-order valence-corrected chi connectivity index (χ0v) is 12.7. The van der Waals surface area contributed by atoms with E-state index in [9.17, 15) is 8.42 Å². The number of nitrogens with one attached hydrogen (secondary N) is 1. The van der Waals surface area contributed by atoms with Gasteiger partial charge in [-0.3, -0.25) is 9.67 Å². The molecule has 1 aliphatic carbocycles. The largest absolute Gasteiger partial charge is 0.264 e. The second-order valence-corrected chi connectivity index (χ2v) is 6.93. The summed E-state index contributed by atoms with van der Waals surface area (Å²) in [4.78, 5) is 3.98. The molecule has 0 saturated heterocycles. The van der Waals surface area contributed by atoms with E-state index in [1.54, 1.807) is 25.5 Å². The van der Waals surface area contributed by atoms with Crippen LogP contribution < -0.4 is 4.72 Å². The van der Waals surface area contributed by atoms with Gasteiger partial charge in [-0.25, -0.2) is 13.1 Å². The van der Waals surface area contributed by atoms with Gasteiger partial charge in [0.15, 0.2) is 5.03 Å². The first-order valence-electron chi connectivity index (χ1n) is 7.01. The number of hydrogen-bond donors (Lipinski definition) is 1. The van der Waals surface area contributed by atoms with Crippen LogP contribution in [0, 0.1) is 0 Å². The molecule has 0 aromatic carbocycles. The standard InChI is InChI=1S/C14H18N4O2S/c1-18-14(12-6-2-3-7-13(12)17-18)21(19,20)16-10-11-5-4-8-15-9-11/h4-5,8-9,16H,2-3,6-7,10H2,1H3. The van der Waals surface area contributed by atoms with Crippen LogP contribution in [0.4, 0.5) is 0 Å². The van der Waals surface area contributed by atoms with E-state index >= 15 is 0 Å². The maximum Gasteiger partial charge on any atom is 0.258 e. The lowest BCUT2D eigenvalue weighted by molar-refractivity contribution is 0.560. The molecule has 0 fully saturated rings. The molecule has 0 unspecified atom stereocenters. The van der Waals surface area contributed by atoms with E-state index in [0.29, 0.717) is 5.03 Å². The Morgan fingerprint density at radius 2 is 2.14 bits per heavy atom. The molecule has 0 saturated carbocycles. The number of rotatable bonds is 4. The summed E-state index contributed by atoms with van der Waals surface area (Å²) in [5, 5.41) is 4.66. The van der Waals surface area contributed by atoms with Crippen molar-refractivity contribution < 1.29 is 8.42 Å². The Balaban J connectivity index is 1.87. The molecule has 0 atom stereocenters. The van der Waals surface area contributed by atoms with Gasteiger partial charge in [0.25, 0.3) is 10.0 Å². The molecule has 0 amide bonds. The van der Waals surface area contributed by atoms with Crippen molar-refractivity contribution in [3.8, 4) is 0 Å². The van der Waals surface area contributed by atoms with E-state index < -0.39 is 10.0 Å². The fraction of sp³-hybridized carbons (Fsp3) is 0.429. The minimum absolute atomic E-state index is 0.232. The topological polar surface area (TPSA) is 76.9 Å². The smallest absolute Gasteiger partial charge is 0.258 e. The summed E-state index contributed by atoms with van der Waals surface area (Å²) in [5.41, 5.74) is 2.63. The Bertz CT molecular complexity index is 738. The predicted octanol–water partition coefficient (Wildman–Crippen LogP) is 1.17. The maximum atomic E-state index is 12.6. The van der Waals surface area contributed by atoms with Crippen molar-refractivity contribution in [3.63, 3.8) is 0 Å². The lowest BCUT2D eigenvalue weighted by atomic mass is 9.99. The lowest BCUT2D eigenvalue weighted by Crippen LogP contribution is -2.26. The third-order valence-electron chi connectivity index (χ3n) is 3.71. The molecular formula is C14H18N4O2S. The van der Waals surface area contributed by atoms with Crippen molar-refractivity contribution in [2.75, 3.05) is 0 Å². The van der Waals surface area contributed by atoms with Gasteiger partial charge in [-0.05, 0) is 37.3 Å². The lowest BCUT2D eigenvalue weighted by Gasteiger charge is -2.12. The molecule has 0 aliphatic heterocycles. The number of aryl methyl sites for hydroxylation is 2. The van der Waals surface area contributed by atoms with Gasteiger partial charge in [-0.1, -0.05) is 6.07 Å². The third-order valence-corrected chi connectivity index (χ3v) is 5.25. The molecule has 0 radical (unpaired) electrons. The fourth-order valence-electron chi connectivity index (χ4n) is 2.74. The van der Waals surface area contributed by atoms with Crippen molar-refractivity contribution in [3.05, 3.63) is 41.3 Å². The molecule has 0 bridgehead atoms. The Labute approximate surface area is 124 Å². The van der Waals surface area contributed by atoms with Gasteiger partial charge in [-0.15, -0.1) is 0 Å². The van der Waals surface area contributed by atoms with Gasteiger partial charge in [0.2, 0.25) is 0 Å². The van der Waals surface area contributed by atoms with E-state index in [0.717, 1.165) is 42.5 Å². The zero-order chi connectivity index (χ0) is 14.9. The fourth-order valence-corrected chi connectivity index (χ4v) is 4.16. The average molecular weight is 306 g/mol. The Morgan fingerprint density at radius 1 is 1.33 bits per heavy atom. The van der Waals surface area contributed by atoms with Crippen LogP contribution in [0.5, 0.6) is 0 Å².